The third-order valence-electron chi connectivity index (χ3n) is 3.63. The Balaban J connectivity index is 1.48. The van der Waals surface area contributed by atoms with Gasteiger partial charge in [-0.3, -0.25) is 10.1 Å². The second kappa shape index (κ2) is 8.96. The monoisotopic (exact) mass is 403 g/mol. The Labute approximate surface area is 165 Å². The van der Waals surface area contributed by atoms with E-state index in [2.05, 4.69) is 15.5 Å². The maximum Gasteiger partial charge on any atom is 0.264 e. The fourth-order valence-corrected chi connectivity index (χ4v) is 3.93. The van der Waals surface area contributed by atoms with Crippen LogP contribution in [0.25, 0.3) is 0 Å². The molecule has 0 bridgehead atoms. The van der Waals surface area contributed by atoms with E-state index in [4.69, 9.17) is 4.74 Å². The van der Waals surface area contributed by atoms with E-state index in [1.54, 1.807) is 12.1 Å². The molecule has 0 aliphatic heterocycles. The summed E-state index contributed by atoms with van der Waals surface area (Å²) in [6.45, 7) is 3.81. The molecule has 2 aromatic carbocycles. The van der Waals surface area contributed by atoms with E-state index in [0.717, 1.165) is 21.0 Å². The molecule has 1 heterocycles. The molecule has 8 heteroatoms. The molecule has 0 atom stereocenters. The van der Waals surface area contributed by atoms with E-state index in [0.29, 0.717) is 16.6 Å². The highest BCUT2D eigenvalue weighted by atomic mass is 32.2. The van der Waals surface area contributed by atoms with Crippen molar-refractivity contribution < 1.29 is 13.9 Å². The number of ether oxygens (including phenoxy) is 1. The molecule has 1 N–H and O–H groups in total. The summed E-state index contributed by atoms with van der Waals surface area (Å²) in [7, 11) is 0. The number of amides is 1. The molecule has 1 amide bonds. The van der Waals surface area contributed by atoms with Crippen molar-refractivity contribution >= 4 is 34.1 Å². The van der Waals surface area contributed by atoms with E-state index in [9.17, 15) is 9.18 Å². The molecular weight excluding hydrogens is 385 g/mol. The van der Waals surface area contributed by atoms with Crippen LogP contribution in [0.5, 0.6) is 5.75 Å². The van der Waals surface area contributed by atoms with E-state index in [-0.39, 0.29) is 18.3 Å². The van der Waals surface area contributed by atoms with Gasteiger partial charge in [0, 0.05) is 5.75 Å². The Morgan fingerprint density at radius 3 is 2.74 bits per heavy atom. The maximum atomic E-state index is 12.9. The highest BCUT2D eigenvalue weighted by molar-refractivity contribution is 8.00. The first-order chi connectivity index (χ1) is 13.0. The van der Waals surface area contributed by atoms with Gasteiger partial charge in [-0.25, -0.2) is 4.39 Å². The van der Waals surface area contributed by atoms with Gasteiger partial charge >= 0.3 is 0 Å². The lowest BCUT2D eigenvalue weighted by atomic mass is 10.1. The first kappa shape index (κ1) is 19.3. The minimum Gasteiger partial charge on any atom is -0.483 e. The second-order valence-electron chi connectivity index (χ2n) is 5.89. The molecule has 0 fully saturated rings. The first-order valence-corrected chi connectivity index (χ1v) is 10.0. The van der Waals surface area contributed by atoms with Crippen LogP contribution in [-0.4, -0.2) is 22.7 Å². The molecule has 0 aliphatic rings. The van der Waals surface area contributed by atoms with Crippen LogP contribution in [0.4, 0.5) is 9.52 Å². The number of nitrogens with zero attached hydrogens (tertiary/aromatic N) is 2. The second-order valence-corrected chi connectivity index (χ2v) is 8.09. The van der Waals surface area contributed by atoms with E-state index >= 15 is 0 Å². The Hall–Kier alpha value is -2.45. The Bertz CT molecular complexity index is 929. The third-order valence-corrected chi connectivity index (χ3v) is 5.67. The van der Waals surface area contributed by atoms with Crippen LogP contribution in [-0.2, 0) is 10.5 Å². The number of aromatic nitrogens is 2. The predicted octanol–water partition coefficient (Wildman–Crippen LogP) is 4.60. The molecule has 3 aromatic rings. The van der Waals surface area contributed by atoms with E-state index in [1.807, 2.05) is 32.0 Å². The van der Waals surface area contributed by atoms with Crippen molar-refractivity contribution in [1.82, 2.24) is 10.2 Å². The van der Waals surface area contributed by atoms with Crippen LogP contribution in [0.1, 0.15) is 16.7 Å². The normalized spacial score (nSPS) is 10.6. The van der Waals surface area contributed by atoms with Crippen molar-refractivity contribution in [3.63, 3.8) is 0 Å². The van der Waals surface area contributed by atoms with Gasteiger partial charge in [0.05, 0.1) is 0 Å². The zero-order valence-electron chi connectivity index (χ0n) is 14.9. The lowest BCUT2D eigenvalue weighted by Gasteiger charge is -2.09. The van der Waals surface area contributed by atoms with Gasteiger partial charge in [0.2, 0.25) is 5.13 Å². The number of hydrogen-bond donors (Lipinski definition) is 1. The van der Waals surface area contributed by atoms with Gasteiger partial charge in [-0.1, -0.05) is 47.4 Å². The fraction of sp³-hybridized carbons (Fsp3) is 0.211. The average molecular weight is 404 g/mol. The smallest absolute Gasteiger partial charge is 0.264 e. The Morgan fingerprint density at radius 1 is 1.19 bits per heavy atom. The molecule has 27 heavy (non-hydrogen) atoms. The molecule has 0 spiro atoms. The lowest BCUT2D eigenvalue weighted by Crippen LogP contribution is -2.20. The molecule has 0 radical (unpaired) electrons. The summed E-state index contributed by atoms with van der Waals surface area (Å²) < 4.78 is 19.2. The van der Waals surface area contributed by atoms with E-state index in [1.165, 1.54) is 35.2 Å². The molecule has 0 saturated heterocycles. The van der Waals surface area contributed by atoms with Crippen LogP contribution in [0.15, 0.2) is 46.8 Å². The number of anilines is 1. The summed E-state index contributed by atoms with van der Waals surface area (Å²) in [4.78, 5) is 12.1. The molecule has 140 valence electrons. The van der Waals surface area contributed by atoms with Crippen molar-refractivity contribution in [3.8, 4) is 5.75 Å². The molecule has 1 aromatic heterocycles. The number of carbonyl (C=O) groups is 1. The zero-order chi connectivity index (χ0) is 19.2. The molecule has 0 aliphatic carbocycles. The first-order valence-electron chi connectivity index (χ1n) is 8.20. The molecule has 3 rings (SSSR count). The van der Waals surface area contributed by atoms with Gasteiger partial charge in [-0.15, -0.1) is 10.2 Å². The number of hydrogen-bond acceptors (Lipinski definition) is 6. The fourth-order valence-electron chi connectivity index (χ4n) is 2.21. The predicted molar refractivity (Wildman–Crippen MR) is 106 cm³/mol. The Morgan fingerprint density at radius 2 is 1.96 bits per heavy atom. The third kappa shape index (κ3) is 5.77. The average Bonchev–Trinajstić information content (AvgIpc) is 3.09. The molecule has 0 unspecified atom stereocenters. The Kier molecular flexibility index (Phi) is 6.41. The van der Waals surface area contributed by atoms with Crippen LogP contribution in [0, 0.1) is 19.7 Å². The number of thioether (sulfide) groups is 1. The largest absolute Gasteiger partial charge is 0.483 e. The minimum absolute atomic E-state index is 0.0953. The zero-order valence-corrected chi connectivity index (χ0v) is 16.5. The van der Waals surface area contributed by atoms with Crippen molar-refractivity contribution in [1.29, 1.82) is 0 Å². The summed E-state index contributed by atoms with van der Waals surface area (Å²) >= 11 is 2.77. The summed E-state index contributed by atoms with van der Waals surface area (Å²) in [6.07, 6.45) is 0. The quantitative estimate of drug-likeness (QED) is 0.461. The standard InChI is InChI=1S/C19H18FN3O2S2/c1-12-3-4-13(2)16(9-12)25-10-17(24)21-18-22-23-19(27-18)26-11-14-5-7-15(20)8-6-14/h3-9H,10-11H2,1-2H3,(H,21,22,24). The molecular formula is C19H18FN3O2S2. The van der Waals surface area contributed by atoms with Crippen molar-refractivity contribution in [2.45, 2.75) is 23.9 Å². The number of rotatable bonds is 7. The summed E-state index contributed by atoms with van der Waals surface area (Å²) in [5, 5.41) is 11.1. The van der Waals surface area contributed by atoms with Gasteiger partial charge in [0.15, 0.2) is 10.9 Å². The SMILES string of the molecule is Cc1ccc(C)c(OCC(=O)Nc2nnc(SCc3ccc(F)cc3)s2)c1. The molecule has 0 saturated carbocycles. The van der Waals surface area contributed by atoms with E-state index < -0.39 is 0 Å². The number of nitrogens with one attached hydrogen (secondary N) is 1. The highest BCUT2D eigenvalue weighted by Crippen LogP contribution is 2.28. The number of benzene rings is 2. The minimum atomic E-state index is -0.290. The van der Waals surface area contributed by atoms with Gasteiger partial charge in [-0.2, -0.15) is 0 Å². The van der Waals surface area contributed by atoms with Gasteiger partial charge in [0.1, 0.15) is 11.6 Å². The summed E-state index contributed by atoms with van der Waals surface area (Å²) in [5.41, 5.74) is 3.04. The highest BCUT2D eigenvalue weighted by Gasteiger charge is 2.10. The van der Waals surface area contributed by atoms with Crippen molar-refractivity contribution in [2.24, 2.45) is 0 Å². The van der Waals surface area contributed by atoms with Gasteiger partial charge in [0.25, 0.3) is 5.91 Å². The maximum absolute atomic E-state index is 12.9. The van der Waals surface area contributed by atoms with Crippen LogP contribution >= 0.6 is 23.1 Å². The van der Waals surface area contributed by atoms with Crippen molar-refractivity contribution in [2.75, 3.05) is 11.9 Å². The van der Waals surface area contributed by atoms with Crippen LogP contribution in [0.3, 0.4) is 0 Å². The van der Waals surface area contributed by atoms with Gasteiger partial charge < -0.3 is 4.74 Å². The lowest BCUT2D eigenvalue weighted by molar-refractivity contribution is -0.118. The van der Waals surface area contributed by atoms with Crippen molar-refractivity contribution in [3.05, 3.63) is 65.0 Å². The number of halogens is 1. The van der Waals surface area contributed by atoms with Crippen LogP contribution < -0.4 is 10.1 Å². The molecule has 5 nitrogen and oxygen atoms in total. The van der Waals surface area contributed by atoms with Crippen LogP contribution in [0.2, 0.25) is 0 Å². The number of carbonyl (C=O) groups excluding carboxylic acids is 1. The summed E-state index contributed by atoms with van der Waals surface area (Å²) in [6, 6.07) is 12.2. The topological polar surface area (TPSA) is 64.1 Å². The number of aryl methyl sites for hydroxylation is 2. The van der Waals surface area contributed by atoms with Gasteiger partial charge in [-0.05, 0) is 48.7 Å². The summed E-state index contributed by atoms with van der Waals surface area (Å²) in [5.74, 6) is 0.798.